The Hall–Kier alpha value is -0.280. The van der Waals surface area contributed by atoms with Gasteiger partial charge >= 0.3 is 0 Å². The smallest absolute Gasteiger partial charge is 0.160 e. The van der Waals surface area contributed by atoms with Crippen molar-refractivity contribution in [3.63, 3.8) is 0 Å². The molecule has 13 heavy (non-hydrogen) atoms. The Morgan fingerprint density at radius 1 is 1.15 bits per heavy atom. The summed E-state index contributed by atoms with van der Waals surface area (Å²) in [6.07, 6.45) is -0.724. The van der Waals surface area contributed by atoms with Gasteiger partial charge in [0, 0.05) is 0 Å². The van der Waals surface area contributed by atoms with Gasteiger partial charge in [-0.25, -0.2) is 0 Å². The van der Waals surface area contributed by atoms with Crippen molar-refractivity contribution in [3.05, 3.63) is 0 Å². The first-order chi connectivity index (χ1) is 6.22. The number of aliphatic hydroxyl groups is 2. The molecule has 0 aromatic heterocycles. The molecule has 0 heterocycles. The van der Waals surface area contributed by atoms with E-state index < -0.39 is 6.23 Å². The van der Waals surface area contributed by atoms with Crippen LogP contribution in [0.25, 0.3) is 0 Å². The fraction of sp³-hybridized carbons (Fsp3) is 1.00. The Balaban J connectivity index is 3.28. The minimum Gasteiger partial charge on any atom is -0.394 e. The molecule has 0 fully saturated rings. The van der Waals surface area contributed by atoms with E-state index in [9.17, 15) is 0 Å². The number of rotatable bonds is 8. The monoisotopic (exact) mass is 195 g/mol. The number of aliphatic hydroxyl groups excluding tert-OH is 2. The summed E-state index contributed by atoms with van der Waals surface area (Å²) in [5, 5.41) is 17.8. The van der Waals surface area contributed by atoms with Gasteiger partial charge in [-0.15, -0.1) is 0 Å². The molecule has 1 atom stereocenters. The molecule has 0 saturated carbocycles. The summed E-state index contributed by atoms with van der Waals surface area (Å²) in [6, 6.07) is 0. The molecule has 80 valence electrons. The molecular weight excluding hydrogens is 178 g/mol. The van der Waals surface area contributed by atoms with Gasteiger partial charge in [0.15, 0.2) is 6.23 Å². The largest absolute Gasteiger partial charge is 0.394 e. The van der Waals surface area contributed by atoms with E-state index in [0.717, 1.165) is 5.12 Å². The number of hydrogen-bond acceptors (Lipinski definition) is 7. The minimum absolute atomic E-state index is 0.0245. The standard InChI is InChI=1S/C6H17N3O4/c7-9(8)6(5-11)13-4-3-12-2-1-10/h6,10-11H,1-5,7-8H2. The lowest BCUT2D eigenvalue weighted by Crippen LogP contribution is -2.50. The normalized spacial score (nSPS) is 13.6. The Kier molecular flexibility index (Phi) is 8.14. The van der Waals surface area contributed by atoms with Crippen molar-refractivity contribution in [1.29, 1.82) is 0 Å². The summed E-state index contributed by atoms with van der Waals surface area (Å²) >= 11 is 0. The van der Waals surface area contributed by atoms with Crippen molar-refractivity contribution in [2.24, 2.45) is 11.7 Å². The number of ether oxygens (including phenoxy) is 2. The molecule has 6 N–H and O–H groups in total. The van der Waals surface area contributed by atoms with Crippen LogP contribution in [-0.4, -0.2) is 54.6 Å². The van der Waals surface area contributed by atoms with Crippen LogP contribution in [0.15, 0.2) is 0 Å². The lowest BCUT2D eigenvalue weighted by atomic mass is 10.6. The van der Waals surface area contributed by atoms with Crippen molar-refractivity contribution in [3.8, 4) is 0 Å². The fourth-order valence-corrected chi connectivity index (χ4v) is 0.643. The highest BCUT2D eigenvalue weighted by molar-refractivity contribution is 4.46. The Morgan fingerprint density at radius 2 is 1.85 bits per heavy atom. The molecular formula is C6H17N3O4. The maximum atomic E-state index is 8.69. The van der Waals surface area contributed by atoms with Gasteiger partial charge in [0.2, 0.25) is 0 Å². The van der Waals surface area contributed by atoms with E-state index in [1.54, 1.807) is 0 Å². The Bertz CT molecular complexity index is 114. The molecule has 0 aliphatic heterocycles. The fourth-order valence-electron chi connectivity index (χ4n) is 0.643. The van der Waals surface area contributed by atoms with E-state index in [2.05, 4.69) is 0 Å². The van der Waals surface area contributed by atoms with Gasteiger partial charge in [0.05, 0.1) is 33.0 Å². The van der Waals surface area contributed by atoms with Gasteiger partial charge in [-0.2, -0.15) is 5.12 Å². The molecule has 0 spiro atoms. The van der Waals surface area contributed by atoms with Crippen molar-refractivity contribution < 1.29 is 19.7 Å². The summed E-state index contributed by atoms with van der Waals surface area (Å²) in [5.74, 6) is 10.3. The SMILES string of the molecule is NN(N)C(CO)OCCOCCO. The second-order valence-corrected chi connectivity index (χ2v) is 2.29. The Morgan fingerprint density at radius 3 is 2.31 bits per heavy atom. The molecule has 0 aromatic rings. The van der Waals surface area contributed by atoms with Gasteiger partial charge in [-0.1, -0.05) is 0 Å². The predicted molar refractivity (Wildman–Crippen MR) is 44.9 cm³/mol. The first-order valence-electron chi connectivity index (χ1n) is 3.92. The second-order valence-electron chi connectivity index (χ2n) is 2.29. The highest BCUT2D eigenvalue weighted by atomic mass is 16.5. The van der Waals surface area contributed by atoms with E-state index in [0.29, 0.717) is 6.61 Å². The highest BCUT2D eigenvalue weighted by Crippen LogP contribution is 1.90. The number of hydrogen-bond donors (Lipinski definition) is 4. The van der Waals surface area contributed by atoms with E-state index in [4.69, 9.17) is 31.4 Å². The van der Waals surface area contributed by atoms with Crippen molar-refractivity contribution in [1.82, 2.24) is 5.12 Å². The number of nitrogens with two attached hydrogens (primary N) is 2. The molecule has 0 aliphatic carbocycles. The third-order valence-corrected chi connectivity index (χ3v) is 1.26. The first-order valence-corrected chi connectivity index (χ1v) is 3.92. The summed E-state index contributed by atoms with van der Waals surface area (Å²) in [7, 11) is 0. The summed E-state index contributed by atoms with van der Waals surface area (Å²) in [4.78, 5) is 0. The zero-order valence-corrected chi connectivity index (χ0v) is 7.43. The van der Waals surface area contributed by atoms with Crippen LogP contribution in [0.2, 0.25) is 0 Å². The van der Waals surface area contributed by atoms with E-state index in [1.165, 1.54) is 0 Å². The van der Waals surface area contributed by atoms with Crippen LogP contribution in [0.5, 0.6) is 0 Å². The molecule has 7 nitrogen and oxygen atoms in total. The molecule has 0 amide bonds. The van der Waals surface area contributed by atoms with Gasteiger partial charge in [0.25, 0.3) is 0 Å². The molecule has 0 saturated heterocycles. The molecule has 0 aromatic carbocycles. The van der Waals surface area contributed by atoms with E-state index >= 15 is 0 Å². The van der Waals surface area contributed by atoms with E-state index in [-0.39, 0.29) is 26.4 Å². The quantitative estimate of drug-likeness (QED) is 0.145. The van der Waals surface area contributed by atoms with Crippen LogP contribution in [0.3, 0.4) is 0 Å². The average Bonchev–Trinajstić information content (AvgIpc) is 2.10. The maximum Gasteiger partial charge on any atom is 0.160 e. The summed E-state index contributed by atoms with van der Waals surface area (Å²) < 4.78 is 9.92. The lowest BCUT2D eigenvalue weighted by molar-refractivity contribution is -0.103. The predicted octanol–water partition coefficient (Wildman–Crippen LogP) is -2.62. The first kappa shape index (κ1) is 12.7. The van der Waals surface area contributed by atoms with Crippen LogP contribution >= 0.6 is 0 Å². The number of hydrazine groups is 2. The van der Waals surface area contributed by atoms with Crippen LogP contribution < -0.4 is 11.7 Å². The molecule has 0 aliphatic rings. The van der Waals surface area contributed by atoms with Gasteiger partial charge < -0.3 is 19.7 Å². The van der Waals surface area contributed by atoms with Crippen molar-refractivity contribution in [2.45, 2.75) is 6.23 Å². The van der Waals surface area contributed by atoms with Gasteiger partial charge in [-0.3, -0.25) is 11.7 Å². The van der Waals surface area contributed by atoms with Crippen LogP contribution in [-0.2, 0) is 9.47 Å². The van der Waals surface area contributed by atoms with Gasteiger partial charge in [0.1, 0.15) is 0 Å². The molecule has 7 heteroatoms. The van der Waals surface area contributed by atoms with Crippen LogP contribution in [0.1, 0.15) is 0 Å². The topological polar surface area (TPSA) is 114 Å². The summed E-state index contributed by atoms with van der Waals surface area (Å²) in [5.41, 5.74) is 0. The molecule has 0 radical (unpaired) electrons. The molecule has 0 bridgehead atoms. The van der Waals surface area contributed by atoms with Gasteiger partial charge in [-0.05, 0) is 0 Å². The average molecular weight is 195 g/mol. The maximum absolute atomic E-state index is 8.69. The van der Waals surface area contributed by atoms with Crippen molar-refractivity contribution in [2.75, 3.05) is 33.0 Å². The van der Waals surface area contributed by atoms with Crippen molar-refractivity contribution >= 4 is 0 Å². The number of nitrogens with zero attached hydrogens (tertiary/aromatic N) is 1. The van der Waals surface area contributed by atoms with Crippen LogP contribution in [0.4, 0.5) is 0 Å². The highest BCUT2D eigenvalue weighted by Gasteiger charge is 2.10. The second kappa shape index (κ2) is 8.32. The third-order valence-electron chi connectivity index (χ3n) is 1.26. The molecule has 1 unspecified atom stereocenters. The minimum atomic E-state index is -0.724. The Labute approximate surface area is 76.8 Å². The third kappa shape index (κ3) is 6.84. The lowest BCUT2D eigenvalue weighted by Gasteiger charge is -2.20. The van der Waals surface area contributed by atoms with E-state index in [1.807, 2.05) is 0 Å². The zero-order valence-electron chi connectivity index (χ0n) is 7.43. The summed E-state index contributed by atoms with van der Waals surface area (Å²) in [6.45, 7) is 0.541. The zero-order chi connectivity index (χ0) is 10.1. The molecule has 0 rings (SSSR count). The van der Waals surface area contributed by atoms with Crippen LogP contribution in [0, 0.1) is 0 Å².